The Morgan fingerprint density at radius 3 is 2.82 bits per heavy atom. The van der Waals surface area contributed by atoms with Crippen LogP contribution in [0.3, 0.4) is 0 Å². The summed E-state index contributed by atoms with van der Waals surface area (Å²) in [5.74, 6) is -0.793. The van der Waals surface area contributed by atoms with E-state index in [1.165, 1.54) is 0 Å². The summed E-state index contributed by atoms with van der Waals surface area (Å²) in [4.78, 5) is 10.5. The molecule has 0 aromatic heterocycles. The predicted octanol–water partition coefficient (Wildman–Crippen LogP) is 1.29. The largest absolute Gasteiger partial charge is 0.347 e. The van der Waals surface area contributed by atoms with Crippen LogP contribution in [0.15, 0.2) is 0 Å². The van der Waals surface area contributed by atoms with Gasteiger partial charge < -0.3 is 9.47 Å². The molecule has 0 amide bonds. The maximum Gasteiger partial charge on any atom is 0.227 e. The predicted molar refractivity (Wildman–Crippen MR) is 40.4 cm³/mol. The number of halogens is 1. The molecule has 11 heavy (non-hydrogen) atoms. The Hall–Kier alpha value is -0.120. The van der Waals surface area contributed by atoms with E-state index in [0.29, 0.717) is 6.61 Å². The highest BCUT2D eigenvalue weighted by Crippen LogP contribution is 2.26. The highest BCUT2D eigenvalue weighted by Gasteiger charge is 2.36. The van der Waals surface area contributed by atoms with Crippen molar-refractivity contribution in [1.29, 1.82) is 0 Å². The molecule has 1 rings (SSSR count). The van der Waals surface area contributed by atoms with Crippen LogP contribution < -0.4 is 0 Å². The zero-order valence-corrected chi connectivity index (χ0v) is 7.35. The van der Waals surface area contributed by atoms with Crippen molar-refractivity contribution in [3.63, 3.8) is 0 Å². The molecule has 0 aromatic rings. The monoisotopic (exact) mass is 178 g/mol. The van der Waals surface area contributed by atoms with Crippen molar-refractivity contribution in [3.05, 3.63) is 0 Å². The van der Waals surface area contributed by atoms with Gasteiger partial charge in [-0.3, -0.25) is 4.79 Å². The first kappa shape index (κ1) is 8.97. The molecule has 0 radical (unpaired) electrons. The Morgan fingerprint density at radius 1 is 1.82 bits per heavy atom. The fraction of sp³-hybridized carbons (Fsp3) is 0.857. The number of carbonyl (C=O) groups is 1. The molecule has 0 saturated carbocycles. The van der Waals surface area contributed by atoms with Gasteiger partial charge in [0, 0.05) is 0 Å². The molecule has 1 aliphatic rings. The summed E-state index contributed by atoms with van der Waals surface area (Å²) in [6.07, 6.45) is 0.162. The minimum Gasteiger partial charge on any atom is -0.347 e. The number of hydrogen-bond donors (Lipinski definition) is 0. The SMILES string of the molecule is CC1COC(C)(CC(=O)Cl)O1. The van der Waals surface area contributed by atoms with Crippen molar-refractivity contribution in [2.24, 2.45) is 0 Å². The molecule has 4 heteroatoms. The van der Waals surface area contributed by atoms with Gasteiger partial charge in [0.2, 0.25) is 5.24 Å². The van der Waals surface area contributed by atoms with Crippen molar-refractivity contribution >= 4 is 16.8 Å². The molecular formula is C7H11ClO3. The fourth-order valence-electron chi connectivity index (χ4n) is 1.13. The van der Waals surface area contributed by atoms with Gasteiger partial charge in [0.05, 0.1) is 19.1 Å². The lowest BCUT2D eigenvalue weighted by Gasteiger charge is -2.20. The summed E-state index contributed by atoms with van der Waals surface area (Å²) in [6.45, 7) is 4.14. The van der Waals surface area contributed by atoms with E-state index in [9.17, 15) is 4.79 Å². The lowest BCUT2D eigenvalue weighted by Crippen LogP contribution is -2.28. The number of rotatable bonds is 2. The Balaban J connectivity index is 2.48. The number of carbonyl (C=O) groups excluding carboxylic acids is 1. The van der Waals surface area contributed by atoms with Crippen molar-refractivity contribution in [3.8, 4) is 0 Å². The van der Waals surface area contributed by atoms with Crippen LogP contribution in [-0.4, -0.2) is 23.7 Å². The van der Waals surface area contributed by atoms with Crippen LogP contribution in [0.4, 0.5) is 0 Å². The second-order valence-electron chi connectivity index (χ2n) is 2.91. The standard InChI is InChI=1S/C7H11ClO3/c1-5-4-10-7(2,11-5)3-6(8)9/h5H,3-4H2,1-2H3. The molecule has 0 N–H and O–H groups in total. The molecule has 0 spiro atoms. The molecule has 64 valence electrons. The Kier molecular flexibility index (Phi) is 2.52. The van der Waals surface area contributed by atoms with Gasteiger partial charge in [-0.2, -0.15) is 0 Å². The quantitative estimate of drug-likeness (QED) is 0.598. The molecule has 3 nitrogen and oxygen atoms in total. The minimum absolute atomic E-state index is 0.0519. The maximum absolute atomic E-state index is 10.5. The summed E-state index contributed by atoms with van der Waals surface area (Å²) in [5, 5.41) is -0.429. The van der Waals surface area contributed by atoms with Gasteiger partial charge in [0.25, 0.3) is 0 Å². The van der Waals surface area contributed by atoms with Crippen LogP contribution in [0.2, 0.25) is 0 Å². The molecular weight excluding hydrogens is 168 g/mol. The van der Waals surface area contributed by atoms with Gasteiger partial charge >= 0.3 is 0 Å². The van der Waals surface area contributed by atoms with E-state index < -0.39 is 11.0 Å². The lowest BCUT2D eigenvalue weighted by molar-refractivity contribution is -0.160. The fourth-order valence-corrected chi connectivity index (χ4v) is 1.38. The van der Waals surface area contributed by atoms with Gasteiger partial charge in [-0.1, -0.05) is 0 Å². The molecule has 0 aliphatic carbocycles. The van der Waals surface area contributed by atoms with E-state index in [1.54, 1.807) is 6.92 Å². The van der Waals surface area contributed by atoms with Crippen LogP contribution in [0.5, 0.6) is 0 Å². The highest BCUT2D eigenvalue weighted by molar-refractivity contribution is 6.63. The van der Waals surface area contributed by atoms with Gasteiger partial charge in [0.15, 0.2) is 5.79 Å². The van der Waals surface area contributed by atoms with Gasteiger partial charge in [-0.05, 0) is 25.4 Å². The third-order valence-corrected chi connectivity index (χ3v) is 1.67. The van der Waals surface area contributed by atoms with E-state index in [0.717, 1.165) is 0 Å². The Labute approximate surface area is 70.6 Å². The van der Waals surface area contributed by atoms with E-state index >= 15 is 0 Å². The molecule has 0 bridgehead atoms. The normalized spacial score (nSPS) is 37.5. The van der Waals surface area contributed by atoms with Crippen molar-refractivity contribution < 1.29 is 14.3 Å². The van der Waals surface area contributed by atoms with Crippen LogP contribution in [0.1, 0.15) is 20.3 Å². The van der Waals surface area contributed by atoms with E-state index in [1.807, 2.05) is 6.92 Å². The average Bonchev–Trinajstić information content (AvgIpc) is 2.08. The lowest BCUT2D eigenvalue weighted by atomic mass is 10.2. The zero-order valence-electron chi connectivity index (χ0n) is 6.59. The van der Waals surface area contributed by atoms with E-state index in [2.05, 4.69) is 0 Å². The van der Waals surface area contributed by atoms with Crippen LogP contribution in [-0.2, 0) is 14.3 Å². The first-order valence-electron chi connectivity index (χ1n) is 3.52. The Morgan fingerprint density at radius 2 is 2.45 bits per heavy atom. The molecule has 2 unspecified atom stereocenters. The topological polar surface area (TPSA) is 35.5 Å². The van der Waals surface area contributed by atoms with Crippen molar-refractivity contribution in [2.75, 3.05) is 6.61 Å². The molecule has 1 heterocycles. The first-order valence-corrected chi connectivity index (χ1v) is 3.90. The third-order valence-electron chi connectivity index (χ3n) is 1.53. The second-order valence-corrected chi connectivity index (χ2v) is 3.33. The summed E-state index contributed by atoms with van der Waals surface area (Å²) in [6, 6.07) is 0. The van der Waals surface area contributed by atoms with Gasteiger partial charge in [-0.15, -0.1) is 0 Å². The van der Waals surface area contributed by atoms with Crippen LogP contribution in [0.25, 0.3) is 0 Å². The van der Waals surface area contributed by atoms with E-state index in [4.69, 9.17) is 21.1 Å². The minimum atomic E-state index is -0.793. The number of hydrogen-bond acceptors (Lipinski definition) is 3. The first-order chi connectivity index (χ1) is 5.02. The highest BCUT2D eigenvalue weighted by atomic mass is 35.5. The molecule has 0 aromatic carbocycles. The summed E-state index contributed by atoms with van der Waals surface area (Å²) in [7, 11) is 0. The Bertz CT molecular complexity index is 171. The van der Waals surface area contributed by atoms with Gasteiger partial charge in [-0.25, -0.2) is 0 Å². The molecule has 1 saturated heterocycles. The summed E-state index contributed by atoms with van der Waals surface area (Å²) >= 11 is 5.20. The third kappa shape index (κ3) is 2.43. The molecule has 1 fully saturated rings. The zero-order chi connectivity index (χ0) is 8.48. The van der Waals surface area contributed by atoms with Crippen LogP contribution >= 0.6 is 11.6 Å². The average molecular weight is 179 g/mol. The molecule has 2 atom stereocenters. The van der Waals surface area contributed by atoms with E-state index in [-0.39, 0.29) is 12.5 Å². The van der Waals surface area contributed by atoms with Crippen LogP contribution in [0, 0.1) is 0 Å². The maximum atomic E-state index is 10.5. The number of ether oxygens (including phenoxy) is 2. The van der Waals surface area contributed by atoms with Crippen molar-refractivity contribution in [2.45, 2.75) is 32.2 Å². The van der Waals surface area contributed by atoms with Crippen molar-refractivity contribution in [1.82, 2.24) is 0 Å². The summed E-state index contributed by atoms with van der Waals surface area (Å²) in [5.41, 5.74) is 0. The smallest absolute Gasteiger partial charge is 0.227 e. The second kappa shape index (κ2) is 3.09. The van der Waals surface area contributed by atoms with Gasteiger partial charge in [0.1, 0.15) is 0 Å². The molecule has 1 aliphatic heterocycles. The summed E-state index contributed by atoms with van der Waals surface area (Å²) < 4.78 is 10.6.